The van der Waals surface area contributed by atoms with Crippen LogP contribution in [0.1, 0.15) is 24.8 Å². The topological polar surface area (TPSA) is 52.7 Å². The first-order valence-electron chi connectivity index (χ1n) is 8.22. The van der Waals surface area contributed by atoms with Gasteiger partial charge in [0, 0.05) is 30.7 Å². The Balaban J connectivity index is 1.42. The van der Waals surface area contributed by atoms with Crippen LogP contribution in [-0.2, 0) is 16.1 Å². The molecule has 23 heavy (non-hydrogen) atoms. The maximum atomic E-state index is 12.6. The fourth-order valence-corrected chi connectivity index (χ4v) is 4.25. The normalized spacial score (nSPS) is 29.9. The third kappa shape index (κ3) is 2.62. The van der Waals surface area contributed by atoms with E-state index in [1.807, 2.05) is 24.3 Å². The van der Waals surface area contributed by atoms with Gasteiger partial charge in [0.05, 0.1) is 0 Å². The van der Waals surface area contributed by atoms with Crippen molar-refractivity contribution in [3.05, 3.63) is 34.9 Å². The van der Waals surface area contributed by atoms with Gasteiger partial charge in [0.25, 0.3) is 0 Å². The smallest absolute Gasteiger partial charge is 0.246 e. The predicted octanol–water partition coefficient (Wildman–Crippen LogP) is 1.40. The third-order valence-electron chi connectivity index (χ3n) is 5.17. The van der Waals surface area contributed by atoms with Gasteiger partial charge in [0.15, 0.2) is 0 Å². The van der Waals surface area contributed by atoms with E-state index in [1.54, 1.807) is 9.80 Å². The Morgan fingerprint density at radius 2 is 2.00 bits per heavy atom. The molecule has 122 valence electrons. The molecular formula is C17H20ClN3O2. The highest BCUT2D eigenvalue weighted by molar-refractivity contribution is 6.30. The lowest BCUT2D eigenvalue weighted by atomic mass is 10.1. The van der Waals surface area contributed by atoms with E-state index in [2.05, 4.69) is 5.32 Å². The summed E-state index contributed by atoms with van der Waals surface area (Å²) in [6, 6.07) is 7.42. The Bertz CT molecular complexity index is 620. The average molecular weight is 334 g/mol. The van der Waals surface area contributed by atoms with Crippen LogP contribution in [-0.4, -0.2) is 52.8 Å². The first-order valence-corrected chi connectivity index (χ1v) is 8.60. The van der Waals surface area contributed by atoms with Crippen molar-refractivity contribution in [1.29, 1.82) is 0 Å². The van der Waals surface area contributed by atoms with Crippen LogP contribution in [0.5, 0.6) is 0 Å². The quantitative estimate of drug-likeness (QED) is 0.910. The monoisotopic (exact) mass is 333 g/mol. The Morgan fingerprint density at radius 1 is 1.17 bits per heavy atom. The second kappa shape index (κ2) is 5.80. The van der Waals surface area contributed by atoms with E-state index in [0.29, 0.717) is 19.5 Å². The van der Waals surface area contributed by atoms with Crippen LogP contribution >= 0.6 is 11.6 Å². The first-order chi connectivity index (χ1) is 11.1. The molecule has 4 rings (SSSR count). The largest absolute Gasteiger partial charge is 0.329 e. The van der Waals surface area contributed by atoms with Gasteiger partial charge in [0.1, 0.15) is 12.1 Å². The van der Waals surface area contributed by atoms with Crippen LogP contribution in [0, 0.1) is 0 Å². The van der Waals surface area contributed by atoms with Gasteiger partial charge >= 0.3 is 0 Å². The molecule has 0 aromatic heterocycles. The van der Waals surface area contributed by atoms with Crippen LogP contribution in [0.2, 0.25) is 5.02 Å². The molecule has 5 nitrogen and oxygen atoms in total. The number of nitrogens with one attached hydrogen (secondary N) is 1. The van der Waals surface area contributed by atoms with E-state index in [1.165, 1.54) is 0 Å². The zero-order valence-electron chi connectivity index (χ0n) is 12.9. The summed E-state index contributed by atoms with van der Waals surface area (Å²) in [5.41, 5.74) is 1.11. The molecule has 2 amide bonds. The van der Waals surface area contributed by atoms with Crippen molar-refractivity contribution in [2.75, 3.05) is 13.1 Å². The van der Waals surface area contributed by atoms with Crippen LogP contribution in [0.25, 0.3) is 0 Å². The molecule has 1 N–H and O–H groups in total. The van der Waals surface area contributed by atoms with E-state index < -0.39 is 0 Å². The second-order valence-corrected chi connectivity index (χ2v) is 7.08. The van der Waals surface area contributed by atoms with Crippen LogP contribution in [0.15, 0.2) is 24.3 Å². The molecule has 6 heteroatoms. The van der Waals surface area contributed by atoms with Gasteiger partial charge in [-0.05, 0) is 37.0 Å². The minimum absolute atomic E-state index is 0.138. The van der Waals surface area contributed by atoms with Crippen LogP contribution < -0.4 is 5.32 Å². The summed E-state index contributed by atoms with van der Waals surface area (Å²) in [6.45, 7) is 2.06. The Morgan fingerprint density at radius 3 is 2.83 bits per heavy atom. The van der Waals surface area contributed by atoms with Crippen molar-refractivity contribution in [3.8, 4) is 0 Å². The van der Waals surface area contributed by atoms with Crippen molar-refractivity contribution < 1.29 is 9.59 Å². The van der Waals surface area contributed by atoms with E-state index in [0.717, 1.165) is 30.0 Å². The molecule has 1 aromatic carbocycles. The highest BCUT2D eigenvalue weighted by Gasteiger charge is 2.51. The minimum atomic E-state index is -0.270. The standard InChI is InChI=1S/C17H20ClN3O2/c18-12-4-1-3-11(7-12)9-19-13-8-15-17(23)20-6-2-5-14(20)16(22)21(15)10-13/h1,3-4,7,13-15,19H,2,5-6,8-10H2/t13-,14-,15-/m0/s1. The van der Waals surface area contributed by atoms with E-state index in [-0.39, 0.29) is 29.9 Å². The summed E-state index contributed by atoms with van der Waals surface area (Å²) < 4.78 is 0. The SMILES string of the molecule is O=C1[C@@H]2C[C@H](NCc3cccc(Cl)c3)CN2C(=O)[C@@H]2CCCN12. The Kier molecular flexibility index (Phi) is 3.77. The number of carbonyl (C=O) groups is 2. The fraction of sp³-hybridized carbons (Fsp3) is 0.529. The van der Waals surface area contributed by atoms with Crippen LogP contribution in [0.4, 0.5) is 0 Å². The minimum Gasteiger partial charge on any atom is -0.329 e. The predicted molar refractivity (Wildman–Crippen MR) is 86.9 cm³/mol. The summed E-state index contributed by atoms with van der Waals surface area (Å²) in [5, 5.41) is 4.19. The summed E-state index contributed by atoms with van der Waals surface area (Å²) in [5.74, 6) is 0.276. The summed E-state index contributed by atoms with van der Waals surface area (Å²) in [4.78, 5) is 28.8. The number of nitrogens with zero attached hydrogens (tertiary/aromatic N) is 2. The number of piperazine rings is 1. The lowest BCUT2D eigenvalue weighted by molar-refractivity contribution is -0.156. The fourth-order valence-electron chi connectivity index (χ4n) is 4.04. The average Bonchev–Trinajstić information content (AvgIpc) is 3.18. The summed E-state index contributed by atoms with van der Waals surface area (Å²) in [7, 11) is 0. The molecule has 0 unspecified atom stereocenters. The molecule has 3 fully saturated rings. The van der Waals surface area contributed by atoms with Gasteiger partial charge in [-0.3, -0.25) is 9.59 Å². The second-order valence-electron chi connectivity index (χ2n) is 6.64. The van der Waals surface area contributed by atoms with Crippen molar-refractivity contribution >= 4 is 23.4 Å². The van der Waals surface area contributed by atoms with Crippen molar-refractivity contribution in [2.45, 2.75) is 43.9 Å². The molecular weight excluding hydrogens is 314 g/mol. The van der Waals surface area contributed by atoms with Crippen molar-refractivity contribution in [2.24, 2.45) is 0 Å². The number of halogens is 1. The lowest BCUT2D eigenvalue weighted by Gasteiger charge is -2.38. The van der Waals surface area contributed by atoms with Gasteiger partial charge in [-0.2, -0.15) is 0 Å². The van der Waals surface area contributed by atoms with E-state index in [9.17, 15) is 9.59 Å². The molecule has 0 aliphatic carbocycles. The molecule has 3 aliphatic rings. The number of carbonyl (C=O) groups excluding carboxylic acids is 2. The molecule has 3 heterocycles. The highest BCUT2D eigenvalue weighted by atomic mass is 35.5. The number of fused-ring (bicyclic) bond motifs is 2. The number of amides is 2. The molecule has 0 saturated carbocycles. The van der Waals surface area contributed by atoms with Gasteiger partial charge in [-0.1, -0.05) is 23.7 Å². The third-order valence-corrected chi connectivity index (χ3v) is 5.41. The lowest BCUT2D eigenvalue weighted by Crippen LogP contribution is -2.60. The number of rotatable bonds is 3. The Labute approximate surface area is 140 Å². The van der Waals surface area contributed by atoms with Crippen molar-refractivity contribution in [1.82, 2.24) is 15.1 Å². The summed E-state index contributed by atoms with van der Waals surface area (Å²) >= 11 is 6.00. The molecule has 0 radical (unpaired) electrons. The van der Waals surface area contributed by atoms with Crippen molar-refractivity contribution in [3.63, 3.8) is 0 Å². The number of benzene rings is 1. The molecule has 1 aromatic rings. The number of hydrogen-bond donors (Lipinski definition) is 1. The van der Waals surface area contributed by atoms with Gasteiger partial charge in [-0.15, -0.1) is 0 Å². The van der Waals surface area contributed by atoms with Gasteiger partial charge in [-0.25, -0.2) is 0 Å². The highest BCUT2D eigenvalue weighted by Crippen LogP contribution is 2.32. The maximum Gasteiger partial charge on any atom is 0.246 e. The molecule has 3 aliphatic heterocycles. The molecule has 3 saturated heterocycles. The maximum absolute atomic E-state index is 12.6. The van der Waals surface area contributed by atoms with E-state index in [4.69, 9.17) is 11.6 Å². The first kappa shape index (κ1) is 15.0. The van der Waals surface area contributed by atoms with Gasteiger partial charge in [0.2, 0.25) is 11.8 Å². The van der Waals surface area contributed by atoms with Crippen LogP contribution in [0.3, 0.4) is 0 Å². The zero-order valence-corrected chi connectivity index (χ0v) is 13.6. The number of hydrogen-bond acceptors (Lipinski definition) is 3. The molecule has 3 atom stereocenters. The van der Waals surface area contributed by atoms with E-state index >= 15 is 0 Å². The molecule has 0 bridgehead atoms. The summed E-state index contributed by atoms with van der Waals surface area (Å²) in [6.07, 6.45) is 2.46. The van der Waals surface area contributed by atoms with Gasteiger partial charge < -0.3 is 15.1 Å². The zero-order chi connectivity index (χ0) is 16.0. The Hall–Kier alpha value is -1.59. The molecule has 0 spiro atoms.